The molecule has 1 aromatic carbocycles. The first-order valence-corrected chi connectivity index (χ1v) is 4.14. The molecule has 1 aromatic rings. The third kappa shape index (κ3) is 1.42. The second-order valence-corrected chi connectivity index (χ2v) is 2.85. The third-order valence-electron chi connectivity index (χ3n) is 1.97. The number of fused-ring (bicyclic) bond motifs is 1. The van der Waals surface area contributed by atoms with Crippen LogP contribution in [0.4, 0.5) is 0 Å². The molecule has 2 rings (SSSR count). The van der Waals surface area contributed by atoms with E-state index in [4.69, 9.17) is 15.2 Å². The van der Waals surface area contributed by atoms with Crippen molar-refractivity contribution in [3.8, 4) is 5.75 Å². The first-order valence-electron chi connectivity index (χ1n) is 4.14. The highest BCUT2D eigenvalue weighted by Crippen LogP contribution is 2.25. The highest BCUT2D eigenvalue weighted by atomic mass is 16.5. The van der Waals surface area contributed by atoms with E-state index in [1.165, 1.54) is 12.5 Å². The summed E-state index contributed by atoms with van der Waals surface area (Å²) in [6.07, 6.45) is 2.86. The molecule has 1 aliphatic rings. The Balaban J connectivity index is 2.51. The predicted molar refractivity (Wildman–Crippen MR) is 49.5 cm³/mol. The zero-order valence-electron chi connectivity index (χ0n) is 7.40. The van der Waals surface area contributed by atoms with Crippen LogP contribution in [0.5, 0.6) is 5.75 Å². The second-order valence-electron chi connectivity index (χ2n) is 2.85. The maximum atomic E-state index is 11.1. The molecule has 1 aliphatic heterocycles. The second kappa shape index (κ2) is 3.41. The summed E-state index contributed by atoms with van der Waals surface area (Å²) in [5.41, 5.74) is 6.34. The molecule has 2 N–H and O–H groups in total. The van der Waals surface area contributed by atoms with Crippen molar-refractivity contribution in [3.63, 3.8) is 0 Å². The molecule has 4 heteroatoms. The summed E-state index contributed by atoms with van der Waals surface area (Å²) >= 11 is 0. The van der Waals surface area contributed by atoms with Crippen molar-refractivity contribution in [2.75, 3.05) is 0 Å². The van der Waals surface area contributed by atoms with Gasteiger partial charge in [0, 0.05) is 11.1 Å². The molecule has 1 amide bonds. The first kappa shape index (κ1) is 8.62. The molecule has 0 saturated carbocycles. The fraction of sp³-hybridized carbons (Fsp3) is 0.100. The minimum atomic E-state index is -0.476. The van der Waals surface area contributed by atoms with Crippen molar-refractivity contribution in [3.05, 3.63) is 41.9 Å². The molecule has 0 aliphatic carbocycles. The van der Waals surface area contributed by atoms with E-state index < -0.39 is 5.91 Å². The Morgan fingerprint density at radius 2 is 2.21 bits per heavy atom. The molecule has 0 radical (unpaired) electrons. The van der Waals surface area contributed by atoms with Crippen LogP contribution in [0.25, 0.3) is 0 Å². The van der Waals surface area contributed by atoms with E-state index in [0.717, 1.165) is 0 Å². The molecule has 14 heavy (non-hydrogen) atoms. The molecule has 0 spiro atoms. The van der Waals surface area contributed by atoms with Crippen LogP contribution < -0.4 is 10.5 Å². The summed E-state index contributed by atoms with van der Waals surface area (Å²) < 4.78 is 10.3. The zero-order valence-corrected chi connectivity index (χ0v) is 7.40. The highest BCUT2D eigenvalue weighted by Gasteiger charge is 2.14. The fourth-order valence-corrected chi connectivity index (χ4v) is 1.33. The average molecular weight is 191 g/mol. The van der Waals surface area contributed by atoms with Crippen LogP contribution in [-0.2, 0) is 11.3 Å². The van der Waals surface area contributed by atoms with Crippen molar-refractivity contribution in [1.82, 2.24) is 0 Å². The van der Waals surface area contributed by atoms with E-state index in [1.54, 1.807) is 18.2 Å². The summed E-state index contributed by atoms with van der Waals surface area (Å²) in [6, 6.07) is 5.14. The molecule has 0 bridgehead atoms. The third-order valence-corrected chi connectivity index (χ3v) is 1.97. The Kier molecular flexibility index (Phi) is 2.10. The van der Waals surface area contributed by atoms with Crippen LogP contribution in [0.3, 0.4) is 0 Å². The minimum Gasteiger partial charge on any atom is -0.493 e. The molecule has 4 nitrogen and oxygen atoms in total. The van der Waals surface area contributed by atoms with Gasteiger partial charge in [0.2, 0.25) is 5.91 Å². The number of rotatable bonds is 1. The molecule has 72 valence electrons. The molecule has 0 fully saturated rings. The smallest absolute Gasteiger partial charge is 0.249 e. The number of ether oxygens (including phenoxy) is 2. The number of amides is 1. The molecule has 0 aromatic heterocycles. The number of carbonyl (C=O) groups is 1. The van der Waals surface area contributed by atoms with Crippen LogP contribution in [0.15, 0.2) is 30.7 Å². The van der Waals surface area contributed by atoms with Crippen molar-refractivity contribution in [2.24, 2.45) is 5.73 Å². The number of benzene rings is 1. The summed E-state index contributed by atoms with van der Waals surface area (Å²) in [6.45, 7) is 0.297. The summed E-state index contributed by atoms with van der Waals surface area (Å²) in [4.78, 5) is 11.1. The van der Waals surface area contributed by atoms with E-state index in [1.807, 2.05) is 0 Å². The van der Waals surface area contributed by atoms with Crippen LogP contribution in [0, 0.1) is 0 Å². The largest absolute Gasteiger partial charge is 0.493 e. The normalized spacial score (nSPS) is 13.4. The summed E-state index contributed by atoms with van der Waals surface area (Å²) in [5, 5.41) is 0. The van der Waals surface area contributed by atoms with Gasteiger partial charge in [-0.1, -0.05) is 6.07 Å². The van der Waals surface area contributed by atoms with Gasteiger partial charge in [-0.25, -0.2) is 0 Å². The van der Waals surface area contributed by atoms with Crippen molar-refractivity contribution < 1.29 is 14.3 Å². The van der Waals surface area contributed by atoms with Crippen LogP contribution in [0.2, 0.25) is 0 Å². The lowest BCUT2D eigenvalue weighted by atomic mass is 10.1. The van der Waals surface area contributed by atoms with Crippen LogP contribution in [-0.4, -0.2) is 5.91 Å². The van der Waals surface area contributed by atoms with E-state index in [0.29, 0.717) is 23.5 Å². The van der Waals surface area contributed by atoms with Crippen molar-refractivity contribution in [2.45, 2.75) is 6.61 Å². The molecule has 0 unspecified atom stereocenters. The molecular formula is C10H9NO3. The number of primary amides is 1. The van der Waals surface area contributed by atoms with Gasteiger partial charge in [-0.15, -0.1) is 0 Å². The van der Waals surface area contributed by atoms with Gasteiger partial charge in [-0.2, -0.15) is 0 Å². The topological polar surface area (TPSA) is 61.6 Å². The molecule has 0 saturated heterocycles. The SMILES string of the molecule is NC(=O)c1cccc2c1COC=CO2. The summed E-state index contributed by atoms with van der Waals surface area (Å²) in [5.74, 6) is 0.131. The quantitative estimate of drug-likeness (QED) is 0.724. The first-order chi connectivity index (χ1) is 6.79. The van der Waals surface area contributed by atoms with E-state index in [9.17, 15) is 4.79 Å². The number of carbonyl (C=O) groups excluding carboxylic acids is 1. The van der Waals surface area contributed by atoms with Gasteiger partial charge < -0.3 is 15.2 Å². The van der Waals surface area contributed by atoms with Crippen molar-refractivity contribution in [1.29, 1.82) is 0 Å². The Morgan fingerprint density at radius 1 is 1.36 bits per heavy atom. The maximum absolute atomic E-state index is 11.1. The lowest BCUT2D eigenvalue weighted by Gasteiger charge is -2.08. The molecular weight excluding hydrogens is 182 g/mol. The van der Waals surface area contributed by atoms with Gasteiger partial charge in [0.15, 0.2) is 0 Å². The fourth-order valence-electron chi connectivity index (χ4n) is 1.33. The maximum Gasteiger partial charge on any atom is 0.249 e. The van der Waals surface area contributed by atoms with Gasteiger partial charge in [0.1, 0.15) is 24.9 Å². The molecule has 1 heterocycles. The van der Waals surface area contributed by atoms with Gasteiger partial charge in [-0.3, -0.25) is 4.79 Å². The lowest BCUT2D eigenvalue weighted by molar-refractivity contribution is 0.0997. The van der Waals surface area contributed by atoms with E-state index in [2.05, 4.69) is 0 Å². The molecule has 0 atom stereocenters. The van der Waals surface area contributed by atoms with Gasteiger partial charge in [0.05, 0.1) is 0 Å². The van der Waals surface area contributed by atoms with Gasteiger partial charge >= 0.3 is 0 Å². The van der Waals surface area contributed by atoms with Crippen molar-refractivity contribution >= 4 is 5.91 Å². The monoisotopic (exact) mass is 191 g/mol. The van der Waals surface area contributed by atoms with E-state index >= 15 is 0 Å². The van der Waals surface area contributed by atoms with Crippen LogP contribution in [0.1, 0.15) is 15.9 Å². The predicted octanol–water partition coefficient (Wildman–Crippen LogP) is 1.17. The zero-order chi connectivity index (χ0) is 9.97. The van der Waals surface area contributed by atoms with Gasteiger partial charge in [0.25, 0.3) is 0 Å². The standard InChI is InChI=1S/C10H9NO3/c11-10(12)7-2-1-3-9-8(7)6-13-4-5-14-9/h1-5H,6H2,(H2,11,12). The lowest BCUT2D eigenvalue weighted by Crippen LogP contribution is -2.14. The Bertz CT molecular complexity index is 398. The summed E-state index contributed by atoms with van der Waals surface area (Å²) in [7, 11) is 0. The van der Waals surface area contributed by atoms with Gasteiger partial charge in [-0.05, 0) is 12.1 Å². The number of hydrogen-bond donors (Lipinski definition) is 1. The minimum absolute atomic E-state index is 0.297. The number of hydrogen-bond acceptors (Lipinski definition) is 3. The average Bonchev–Trinajstić information content (AvgIpc) is 2.41. The number of nitrogens with two attached hydrogens (primary N) is 1. The Labute approximate surface area is 80.9 Å². The highest BCUT2D eigenvalue weighted by molar-refractivity contribution is 5.95. The Morgan fingerprint density at radius 3 is 3.00 bits per heavy atom. The van der Waals surface area contributed by atoms with E-state index in [-0.39, 0.29) is 0 Å². The van der Waals surface area contributed by atoms with Crippen LogP contribution >= 0.6 is 0 Å². The Hall–Kier alpha value is -1.97.